The van der Waals surface area contributed by atoms with Gasteiger partial charge in [-0.3, -0.25) is 14.6 Å². The lowest BCUT2D eigenvalue weighted by atomic mass is 9.93. The first kappa shape index (κ1) is 17.6. The summed E-state index contributed by atoms with van der Waals surface area (Å²) < 4.78 is 5.65. The first-order valence-corrected chi connectivity index (χ1v) is 9.80. The maximum Gasteiger partial charge on any atom is 0.255 e. The van der Waals surface area contributed by atoms with E-state index >= 15 is 0 Å². The van der Waals surface area contributed by atoms with Crippen LogP contribution in [0.15, 0.2) is 34.3 Å². The zero-order valence-corrected chi connectivity index (χ0v) is 15.8. The number of thiazole rings is 1. The van der Waals surface area contributed by atoms with Crippen LogP contribution in [0.5, 0.6) is 0 Å². The molecule has 1 N–H and O–H groups in total. The summed E-state index contributed by atoms with van der Waals surface area (Å²) in [6.07, 6.45) is 6.10. The van der Waals surface area contributed by atoms with Crippen LogP contribution in [0.3, 0.4) is 0 Å². The van der Waals surface area contributed by atoms with Crippen LogP contribution < -0.4 is 5.32 Å². The molecule has 6 nitrogen and oxygen atoms in total. The fraction of sp³-hybridized carbons (Fsp3) is 0.300. The van der Waals surface area contributed by atoms with E-state index < -0.39 is 0 Å². The van der Waals surface area contributed by atoms with Gasteiger partial charge in [-0.2, -0.15) is 0 Å². The topological polar surface area (TPSA) is 85.1 Å². The first-order valence-electron chi connectivity index (χ1n) is 8.92. The SMILES string of the molecule is Cc1oc2c(c1C(=O)NCCc1csc(-c3cccnc3)n1)C(=O)CCC2. The summed E-state index contributed by atoms with van der Waals surface area (Å²) >= 11 is 1.56. The second-order valence-corrected chi connectivity index (χ2v) is 7.36. The Labute approximate surface area is 160 Å². The van der Waals surface area contributed by atoms with Gasteiger partial charge in [-0.25, -0.2) is 4.98 Å². The molecule has 0 aliphatic heterocycles. The van der Waals surface area contributed by atoms with E-state index in [4.69, 9.17) is 4.42 Å². The van der Waals surface area contributed by atoms with Crippen molar-refractivity contribution < 1.29 is 14.0 Å². The molecule has 0 aromatic carbocycles. The number of hydrogen-bond donors (Lipinski definition) is 1. The van der Waals surface area contributed by atoms with E-state index in [9.17, 15) is 9.59 Å². The highest BCUT2D eigenvalue weighted by atomic mass is 32.1. The van der Waals surface area contributed by atoms with Gasteiger partial charge in [-0.1, -0.05) is 0 Å². The Morgan fingerprint density at radius 1 is 1.37 bits per heavy atom. The molecular formula is C20H19N3O3S. The standard InChI is InChI=1S/C20H19N3O3S/c1-12-17(18-15(24)5-2-6-16(18)26-12)19(25)22-9-7-14-11-27-20(23-14)13-4-3-8-21-10-13/h3-4,8,10-11H,2,5-7,9H2,1H3,(H,22,25). The Kier molecular flexibility index (Phi) is 4.85. The Morgan fingerprint density at radius 3 is 3.07 bits per heavy atom. The number of ketones is 1. The van der Waals surface area contributed by atoms with Crippen LogP contribution in [0, 0.1) is 6.92 Å². The maximum absolute atomic E-state index is 12.6. The smallest absolute Gasteiger partial charge is 0.255 e. The number of amides is 1. The molecule has 0 fully saturated rings. The Morgan fingerprint density at radius 2 is 2.26 bits per heavy atom. The molecule has 27 heavy (non-hydrogen) atoms. The minimum absolute atomic E-state index is 0.00105. The highest BCUT2D eigenvalue weighted by Gasteiger charge is 2.30. The number of fused-ring (bicyclic) bond motifs is 1. The molecule has 1 amide bonds. The number of carbonyl (C=O) groups excluding carboxylic acids is 2. The number of pyridine rings is 1. The predicted molar refractivity (Wildman–Crippen MR) is 102 cm³/mol. The maximum atomic E-state index is 12.6. The lowest BCUT2D eigenvalue weighted by Crippen LogP contribution is -2.28. The van der Waals surface area contributed by atoms with Crippen LogP contribution in [0.2, 0.25) is 0 Å². The Bertz CT molecular complexity index is 991. The van der Waals surface area contributed by atoms with Gasteiger partial charge in [0.05, 0.1) is 16.8 Å². The fourth-order valence-corrected chi connectivity index (χ4v) is 4.16. The summed E-state index contributed by atoms with van der Waals surface area (Å²) in [5, 5.41) is 5.80. The summed E-state index contributed by atoms with van der Waals surface area (Å²) in [5.41, 5.74) is 2.77. The van der Waals surface area contributed by atoms with Crippen molar-refractivity contribution in [1.82, 2.24) is 15.3 Å². The van der Waals surface area contributed by atoms with E-state index in [0.29, 0.717) is 48.5 Å². The van der Waals surface area contributed by atoms with Gasteiger partial charge in [0.2, 0.25) is 0 Å². The Hall–Kier alpha value is -2.80. The number of aryl methyl sites for hydroxylation is 2. The number of nitrogens with zero attached hydrogens (tertiary/aromatic N) is 2. The van der Waals surface area contributed by atoms with Crippen LogP contribution in [-0.4, -0.2) is 28.2 Å². The van der Waals surface area contributed by atoms with Crippen molar-refractivity contribution in [2.75, 3.05) is 6.54 Å². The largest absolute Gasteiger partial charge is 0.465 e. The number of nitrogens with one attached hydrogen (secondary N) is 1. The van der Waals surface area contributed by atoms with E-state index in [1.54, 1.807) is 30.7 Å². The van der Waals surface area contributed by atoms with Crippen molar-refractivity contribution in [1.29, 1.82) is 0 Å². The van der Waals surface area contributed by atoms with Crippen LogP contribution in [0.4, 0.5) is 0 Å². The van der Waals surface area contributed by atoms with Gasteiger partial charge in [0.1, 0.15) is 16.5 Å². The molecule has 0 saturated carbocycles. The number of furan rings is 1. The second-order valence-electron chi connectivity index (χ2n) is 6.50. The molecule has 138 valence electrons. The van der Waals surface area contributed by atoms with Crippen molar-refractivity contribution in [2.24, 2.45) is 0 Å². The lowest BCUT2D eigenvalue weighted by molar-refractivity contribution is 0.0928. The highest BCUT2D eigenvalue weighted by molar-refractivity contribution is 7.13. The number of hydrogen-bond acceptors (Lipinski definition) is 6. The average Bonchev–Trinajstić information content (AvgIpc) is 3.27. The molecule has 0 bridgehead atoms. The Balaban J connectivity index is 1.40. The van der Waals surface area contributed by atoms with Gasteiger partial charge in [0.25, 0.3) is 5.91 Å². The molecule has 1 aliphatic rings. The summed E-state index contributed by atoms with van der Waals surface area (Å²) in [7, 11) is 0. The van der Waals surface area contributed by atoms with Crippen molar-refractivity contribution in [3.8, 4) is 10.6 Å². The first-order chi connectivity index (χ1) is 13.1. The van der Waals surface area contributed by atoms with Crippen molar-refractivity contribution in [2.45, 2.75) is 32.6 Å². The normalized spacial score (nSPS) is 13.4. The summed E-state index contributed by atoms with van der Waals surface area (Å²) in [4.78, 5) is 33.5. The van der Waals surface area contributed by atoms with E-state index in [1.807, 2.05) is 17.5 Å². The van der Waals surface area contributed by atoms with Crippen LogP contribution in [0.25, 0.3) is 10.6 Å². The van der Waals surface area contributed by atoms with Crippen molar-refractivity contribution in [3.63, 3.8) is 0 Å². The minimum atomic E-state index is -0.254. The van der Waals surface area contributed by atoms with Gasteiger partial charge < -0.3 is 9.73 Å². The molecule has 7 heteroatoms. The monoisotopic (exact) mass is 381 g/mol. The van der Waals surface area contributed by atoms with Gasteiger partial charge in [0, 0.05) is 49.1 Å². The van der Waals surface area contributed by atoms with E-state index in [1.165, 1.54) is 0 Å². The van der Waals surface area contributed by atoms with Crippen LogP contribution in [-0.2, 0) is 12.8 Å². The van der Waals surface area contributed by atoms with E-state index in [-0.39, 0.29) is 11.7 Å². The molecule has 0 spiro atoms. The third kappa shape index (κ3) is 3.55. The van der Waals surface area contributed by atoms with Crippen LogP contribution in [0.1, 0.15) is 50.8 Å². The predicted octanol–water partition coefficient (Wildman–Crippen LogP) is 3.60. The fourth-order valence-electron chi connectivity index (χ4n) is 3.32. The zero-order chi connectivity index (χ0) is 18.8. The zero-order valence-electron chi connectivity index (χ0n) is 14.9. The van der Waals surface area contributed by atoms with Gasteiger partial charge in [-0.15, -0.1) is 11.3 Å². The molecular weight excluding hydrogens is 362 g/mol. The molecule has 0 saturated heterocycles. The molecule has 0 unspecified atom stereocenters. The number of Topliss-reactive ketones (excluding diaryl/α,β-unsaturated/α-hetero) is 1. The van der Waals surface area contributed by atoms with Crippen molar-refractivity contribution in [3.05, 3.63) is 58.2 Å². The number of rotatable bonds is 5. The highest BCUT2D eigenvalue weighted by Crippen LogP contribution is 2.29. The molecule has 0 atom stereocenters. The molecule has 3 aromatic heterocycles. The third-order valence-electron chi connectivity index (χ3n) is 4.60. The lowest BCUT2D eigenvalue weighted by Gasteiger charge is -2.10. The number of carbonyl (C=O) groups is 2. The molecule has 3 heterocycles. The average molecular weight is 381 g/mol. The number of aromatic nitrogens is 2. The summed E-state index contributed by atoms with van der Waals surface area (Å²) in [6.45, 7) is 2.18. The summed E-state index contributed by atoms with van der Waals surface area (Å²) in [6, 6.07) is 3.85. The summed E-state index contributed by atoms with van der Waals surface area (Å²) in [5.74, 6) is 0.907. The van der Waals surface area contributed by atoms with Crippen molar-refractivity contribution >= 4 is 23.0 Å². The molecule has 0 radical (unpaired) electrons. The molecule has 1 aliphatic carbocycles. The quantitative estimate of drug-likeness (QED) is 0.730. The molecule has 4 rings (SSSR count). The van der Waals surface area contributed by atoms with Gasteiger partial charge in [-0.05, 0) is 25.5 Å². The van der Waals surface area contributed by atoms with Gasteiger partial charge in [0.15, 0.2) is 5.78 Å². The van der Waals surface area contributed by atoms with Crippen LogP contribution >= 0.6 is 11.3 Å². The molecule has 3 aromatic rings. The second kappa shape index (κ2) is 7.44. The third-order valence-corrected chi connectivity index (χ3v) is 5.54. The minimum Gasteiger partial charge on any atom is -0.465 e. The van der Waals surface area contributed by atoms with E-state index in [2.05, 4.69) is 15.3 Å². The van der Waals surface area contributed by atoms with Gasteiger partial charge >= 0.3 is 0 Å². The van der Waals surface area contributed by atoms with E-state index in [0.717, 1.165) is 22.7 Å².